The Labute approximate surface area is 92.6 Å². The van der Waals surface area contributed by atoms with E-state index in [0.717, 1.165) is 11.3 Å². The molecule has 16 heavy (non-hydrogen) atoms. The van der Waals surface area contributed by atoms with Crippen LogP contribution in [0.4, 0.5) is 0 Å². The second-order valence-corrected chi connectivity index (χ2v) is 3.38. The fourth-order valence-corrected chi connectivity index (χ4v) is 1.37. The molecule has 4 heteroatoms. The zero-order chi connectivity index (χ0) is 11.4. The fraction of sp³-hybridized carbons (Fsp3) is 0.0833. The standard InChI is InChI=1S/C12H10N2O2/c15-12(16)10-3-4-11(14-8-10)6-9-2-1-5-13-7-9/h1-5,7-8H,6H2,(H,15,16). The number of carbonyl (C=O) groups is 1. The van der Waals surface area contributed by atoms with Crippen molar-refractivity contribution < 1.29 is 9.90 Å². The molecule has 0 aliphatic rings. The summed E-state index contributed by atoms with van der Waals surface area (Å²) in [6, 6.07) is 7.10. The zero-order valence-electron chi connectivity index (χ0n) is 8.50. The zero-order valence-corrected chi connectivity index (χ0v) is 8.50. The normalized spacial score (nSPS) is 10.0. The number of carboxylic acids is 1. The van der Waals surface area contributed by atoms with Crippen LogP contribution in [0.25, 0.3) is 0 Å². The van der Waals surface area contributed by atoms with Gasteiger partial charge in [0.15, 0.2) is 0 Å². The summed E-state index contributed by atoms with van der Waals surface area (Å²) in [5.74, 6) is -0.958. The Bertz CT molecular complexity index is 480. The summed E-state index contributed by atoms with van der Waals surface area (Å²) in [7, 11) is 0. The van der Waals surface area contributed by atoms with Gasteiger partial charge in [-0.3, -0.25) is 9.97 Å². The maximum absolute atomic E-state index is 10.6. The van der Waals surface area contributed by atoms with E-state index in [4.69, 9.17) is 5.11 Å². The van der Waals surface area contributed by atoms with Crippen LogP contribution in [0.2, 0.25) is 0 Å². The molecule has 2 aromatic heterocycles. The summed E-state index contributed by atoms with van der Waals surface area (Å²) < 4.78 is 0. The van der Waals surface area contributed by atoms with E-state index in [2.05, 4.69) is 9.97 Å². The van der Waals surface area contributed by atoms with Crippen LogP contribution in [-0.2, 0) is 6.42 Å². The summed E-state index contributed by atoms with van der Waals surface area (Å²) in [4.78, 5) is 18.7. The lowest BCUT2D eigenvalue weighted by atomic mass is 10.1. The number of rotatable bonds is 3. The number of carboxylic acid groups (broad SMARTS) is 1. The molecule has 0 saturated carbocycles. The highest BCUT2D eigenvalue weighted by Crippen LogP contribution is 2.06. The van der Waals surface area contributed by atoms with E-state index in [9.17, 15) is 4.79 Å². The SMILES string of the molecule is O=C(O)c1ccc(Cc2cccnc2)nc1. The third-order valence-corrected chi connectivity index (χ3v) is 2.18. The molecule has 1 N–H and O–H groups in total. The predicted octanol–water partition coefficient (Wildman–Crippen LogP) is 1.77. The molecule has 0 radical (unpaired) electrons. The van der Waals surface area contributed by atoms with Gasteiger partial charge >= 0.3 is 5.97 Å². The summed E-state index contributed by atoms with van der Waals surface area (Å²) >= 11 is 0. The van der Waals surface area contributed by atoms with Gasteiger partial charge in [-0.15, -0.1) is 0 Å². The highest BCUT2D eigenvalue weighted by atomic mass is 16.4. The Morgan fingerprint density at radius 1 is 1.25 bits per heavy atom. The molecule has 2 rings (SSSR count). The van der Waals surface area contributed by atoms with Crippen LogP contribution in [0.3, 0.4) is 0 Å². The first-order chi connectivity index (χ1) is 7.75. The van der Waals surface area contributed by atoms with Gasteiger partial charge in [0.05, 0.1) is 5.56 Å². The molecule has 80 valence electrons. The van der Waals surface area contributed by atoms with Gasteiger partial charge < -0.3 is 5.11 Å². The Kier molecular flexibility index (Phi) is 2.91. The fourth-order valence-electron chi connectivity index (χ4n) is 1.37. The first-order valence-electron chi connectivity index (χ1n) is 4.83. The molecule has 0 saturated heterocycles. The Balaban J connectivity index is 2.14. The van der Waals surface area contributed by atoms with E-state index in [1.807, 2.05) is 12.1 Å². The van der Waals surface area contributed by atoms with Gasteiger partial charge in [0, 0.05) is 30.7 Å². The van der Waals surface area contributed by atoms with Crippen molar-refractivity contribution in [3.8, 4) is 0 Å². The van der Waals surface area contributed by atoms with E-state index < -0.39 is 5.97 Å². The predicted molar refractivity (Wildman–Crippen MR) is 58.2 cm³/mol. The van der Waals surface area contributed by atoms with Gasteiger partial charge in [0.1, 0.15) is 0 Å². The molecule has 0 unspecified atom stereocenters. The van der Waals surface area contributed by atoms with E-state index in [1.165, 1.54) is 6.20 Å². The molecule has 0 fully saturated rings. The third-order valence-electron chi connectivity index (χ3n) is 2.18. The van der Waals surface area contributed by atoms with Gasteiger partial charge in [0.25, 0.3) is 0 Å². The van der Waals surface area contributed by atoms with Crippen molar-refractivity contribution in [2.75, 3.05) is 0 Å². The monoisotopic (exact) mass is 214 g/mol. The summed E-state index contributed by atoms with van der Waals surface area (Å²) in [5, 5.41) is 8.72. The lowest BCUT2D eigenvalue weighted by Gasteiger charge is -2.00. The van der Waals surface area contributed by atoms with Crippen molar-refractivity contribution in [1.82, 2.24) is 9.97 Å². The maximum Gasteiger partial charge on any atom is 0.337 e. The van der Waals surface area contributed by atoms with Crippen LogP contribution in [0.15, 0.2) is 42.9 Å². The second kappa shape index (κ2) is 4.53. The van der Waals surface area contributed by atoms with Crippen molar-refractivity contribution in [3.05, 3.63) is 59.7 Å². The van der Waals surface area contributed by atoms with Crippen molar-refractivity contribution in [2.45, 2.75) is 6.42 Å². The van der Waals surface area contributed by atoms with Gasteiger partial charge in [-0.25, -0.2) is 4.79 Å². The summed E-state index contributed by atoms with van der Waals surface area (Å²) in [5.41, 5.74) is 2.09. The number of aromatic nitrogens is 2. The number of pyridine rings is 2. The van der Waals surface area contributed by atoms with Crippen LogP contribution in [0, 0.1) is 0 Å². The molecule has 0 spiro atoms. The topological polar surface area (TPSA) is 63.1 Å². The molecule has 0 amide bonds. The van der Waals surface area contributed by atoms with Crippen molar-refractivity contribution in [3.63, 3.8) is 0 Å². The lowest BCUT2D eigenvalue weighted by Crippen LogP contribution is -1.99. The van der Waals surface area contributed by atoms with Gasteiger partial charge in [0.2, 0.25) is 0 Å². The first kappa shape index (κ1) is 10.3. The van der Waals surface area contributed by atoms with Gasteiger partial charge in [-0.05, 0) is 23.8 Å². The van der Waals surface area contributed by atoms with Gasteiger partial charge in [-0.2, -0.15) is 0 Å². The molecule has 4 nitrogen and oxygen atoms in total. The summed E-state index contributed by atoms with van der Waals surface area (Å²) in [6.07, 6.45) is 5.51. The van der Waals surface area contributed by atoms with Crippen LogP contribution in [0.5, 0.6) is 0 Å². The number of aromatic carboxylic acids is 1. The molecule has 0 bridgehead atoms. The van der Waals surface area contributed by atoms with Crippen LogP contribution >= 0.6 is 0 Å². The second-order valence-electron chi connectivity index (χ2n) is 3.38. The third kappa shape index (κ3) is 2.42. The van der Waals surface area contributed by atoms with Crippen molar-refractivity contribution in [2.24, 2.45) is 0 Å². The largest absolute Gasteiger partial charge is 0.478 e. The first-order valence-corrected chi connectivity index (χ1v) is 4.83. The van der Waals surface area contributed by atoms with E-state index in [-0.39, 0.29) is 5.56 Å². The molecule has 0 aliphatic heterocycles. The van der Waals surface area contributed by atoms with Gasteiger partial charge in [-0.1, -0.05) is 6.07 Å². The number of hydrogen-bond donors (Lipinski definition) is 1. The van der Waals surface area contributed by atoms with E-state index in [1.54, 1.807) is 24.5 Å². The molecule has 0 aliphatic carbocycles. The Hall–Kier alpha value is -2.23. The minimum absolute atomic E-state index is 0.204. The molecular weight excluding hydrogens is 204 g/mol. The highest BCUT2D eigenvalue weighted by molar-refractivity contribution is 5.87. The average Bonchev–Trinajstić information content (AvgIpc) is 2.31. The minimum Gasteiger partial charge on any atom is -0.478 e. The van der Waals surface area contributed by atoms with E-state index in [0.29, 0.717) is 6.42 Å². The number of nitrogens with zero attached hydrogens (tertiary/aromatic N) is 2. The van der Waals surface area contributed by atoms with Crippen LogP contribution in [0.1, 0.15) is 21.6 Å². The van der Waals surface area contributed by atoms with Crippen molar-refractivity contribution >= 4 is 5.97 Å². The molecule has 2 heterocycles. The molecule has 2 aromatic rings. The molecule has 0 atom stereocenters. The molecular formula is C12H10N2O2. The van der Waals surface area contributed by atoms with E-state index >= 15 is 0 Å². The van der Waals surface area contributed by atoms with Crippen LogP contribution in [-0.4, -0.2) is 21.0 Å². The Morgan fingerprint density at radius 3 is 2.69 bits per heavy atom. The lowest BCUT2D eigenvalue weighted by molar-refractivity contribution is 0.0696. The van der Waals surface area contributed by atoms with Crippen LogP contribution < -0.4 is 0 Å². The Morgan fingerprint density at radius 2 is 2.12 bits per heavy atom. The average molecular weight is 214 g/mol. The highest BCUT2D eigenvalue weighted by Gasteiger charge is 2.03. The minimum atomic E-state index is -0.958. The number of hydrogen-bond acceptors (Lipinski definition) is 3. The van der Waals surface area contributed by atoms with Crippen molar-refractivity contribution in [1.29, 1.82) is 0 Å². The quantitative estimate of drug-likeness (QED) is 0.845. The molecule has 0 aromatic carbocycles. The smallest absolute Gasteiger partial charge is 0.337 e. The maximum atomic E-state index is 10.6. The summed E-state index contributed by atoms with van der Waals surface area (Å²) in [6.45, 7) is 0.